The van der Waals surface area contributed by atoms with E-state index in [-0.39, 0.29) is 4.90 Å². The Morgan fingerprint density at radius 3 is 2.40 bits per heavy atom. The average Bonchev–Trinajstić information content (AvgIpc) is 3.17. The molecule has 0 aliphatic carbocycles. The Morgan fingerprint density at radius 2 is 1.60 bits per heavy atom. The van der Waals surface area contributed by atoms with Gasteiger partial charge in [-0.2, -0.15) is 0 Å². The van der Waals surface area contributed by atoms with Crippen LogP contribution in [0.1, 0.15) is 5.56 Å². The van der Waals surface area contributed by atoms with Gasteiger partial charge in [0, 0.05) is 5.56 Å². The van der Waals surface area contributed by atoms with Crippen LogP contribution in [0.3, 0.4) is 0 Å². The molecule has 0 radical (unpaired) electrons. The molecule has 0 saturated heterocycles. The summed E-state index contributed by atoms with van der Waals surface area (Å²) in [6, 6.07) is 25.9. The maximum absolute atomic E-state index is 12.6. The van der Waals surface area contributed by atoms with Gasteiger partial charge in [0.1, 0.15) is 5.52 Å². The molecule has 6 heteroatoms. The Hall–Kier alpha value is -3.64. The van der Waals surface area contributed by atoms with E-state index in [1.165, 1.54) is 0 Å². The maximum atomic E-state index is 12.6. The highest BCUT2D eigenvalue weighted by Crippen LogP contribution is 2.29. The van der Waals surface area contributed by atoms with E-state index in [2.05, 4.69) is 15.8 Å². The SMILES string of the molecule is Cc1ccc(S(=O)(=O)Nc2ccc3oc(-c4ccc5ccccc5c4)nc3c2)cc1. The molecule has 0 bridgehead atoms. The number of hydrogen-bond donors (Lipinski definition) is 1. The molecule has 0 amide bonds. The lowest BCUT2D eigenvalue weighted by atomic mass is 10.1. The molecule has 0 aliphatic rings. The third kappa shape index (κ3) is 3.42. The van der Waals surface area contributed by atoms with E-state index in [4.69, 9.17) is 4.42 Å². The first-order chi connectivity index (χ1) is 14.5. The highest BCUT2D eigenvalue weighted by atomic mass is 32.2. The number of rotatable bonds is 4. The number of anilines is 1. The second kappa shape index (κ2) is 7.00. The van der Waals surface area contributed by atoms with Gasteiger partial charge in [-0.15, -0.1) is 0 Å². The van der Waals surface area contributed by atoms with Crippen molar-refractivity contribution in [2.75, 3.05) is 4.72 Å². The number of benzene rings is 4. The van der Waals surface area contributed by atoms with Crippen LogP contribution in [-0.4, -0.2) is 13.4 Å². The number of sulfonamides is 1. The van der Waals surface area contributed by atoms with Gasteiger partial charge in [-0.1, -0.05) is 48.0 Å². The van der Waals surface area contributed by atoms with Crippen molar-refractivity contribution in [3.63, 3.8) is 0 Å². The van der Waals surface area contributed by atoms with Gasteiger partial charge < -0.3 is 4.42 Å². The van der Waals surface area contributed by atoms with E-state index in [0.717, 1.165) is 21.9 Å². The number of nitrogens with zero attached hydrogens (tertiary/aromatic N) is 1. The van der Waals surface area contributed by atoms with E-state index >= 15 is 0 Å². The third-order valence-corrected chi connectivity index (χ3v) is 6.36. The van der Waals surface area contributed by atoms with E-state index in [1.807, 2.05) is 43.3 Å². The Bertz CT molecular complexity index is 1490. The van der Waals surface area contributed by atoms with E-state index in [1.54, 1.807) is 42.5 Å². The van der Waals surface area contributed by atoms with E-state index < -0.39 is 10.0 Å². The molecule has 148 valence electrons. The van der Waals surface area contributed by atoms with Crippen molar-refractivity contribution in [1.82, 2.24) is 4.98 Å². The molecule has 5 aromatic rings. The third-order valence-electron chi connectivity index (χ3n) is 4.97. The van der Waals surface area contributed by atoms with Crippen LogP contribution in [0.4, 0.5) is 5.69 Å². The lowest BCUT2D eigenvalue weighted by molar-refractivity contribution is 0.601. The second-order valence-electron chi connectivity index (χ2n) is 7.18. The van der Waals surface area contributed by atoms with Crippen LogP contribution in [0.5, 0.6) is 0 Å². The zero-order valence-corrected chi connectivity index (χ0v) is 17.0. The summed E-state index contributed by atoms with van der Waals surface area (Å²) in [6.07, 6.45) is 0. The van der Waals surface area contributed by atoms with Crippen LogP contribution in [0.2, 0.25) is 0 Å². The van der Waals surface area contributed by atoms with E-state index in [9.17, 15) is 8.42 Å². The lowest BCUT2D eigenvalue weighted by Gasteiger charge is -2.08. The number of fused-ring (bicyclic) bond motifs is 2. The summed E-state index contributed by atoms with van der Waals surface area (Å²) in [5.41, 5.74) is 3.48. The van der Waals surface area contributed by atoms with Crippen molar-refractivity contribution in [1.29, 1.82) is 0 Å². The maximum Gasteiger partial charge on any atom is 0.261 e. The molecule has 5 nitrogen and oxygen atoms in total. The Kier molecular flexibility index (Phi) is 4.29. The number of nitrogens with one attached hydrogen (secondary N) is 1. The Labute approximate surface area is 174 Å². The first-order valence-corrected chi connectivity index (χ1v) is 11.0. The Morgan fingerprint density at radius 1 is 0.833 bits per heavy atom. The monoisotopic (exact) mass is 414 g/mol. The van der Waals surface area contributed by atoms with Gasteiger partial charge in [-0.3, -0.25) is 4.72 Å². The zero-order chi connectivity index (χ0) is 20.7. The molecule has 0 fully saturated rings. The molecule has 1 aromatic heterocycles. The molecule has 1 heterocycles. The van der Waals surface area contributed by atoms with Crippen molar-refractivity contribution < 1.29 is 12.8 Å². The summed E-state index contributed by atoms with van der Waals surface area (Å²) in [4.78, 5) is 4.78. The van der Waals surface area contributed by atoms with Crippen molar-refractivity contribution in [2.45, 2.75) is 11.8 Å². The zero-order valence-electron chi connectivity index (χ0n) is 16.2. The highest BCUT2D eigenvalue weighted by Gasteiger charge is 2.15. The van der Waals surface area contributed by atoms with Crippen LogP contribution < -0.4 is 4.72 Å². The van der Waals surface area contributed by atoms with Gasteiger partial charge in [0.25, 0.3) is 10.0 Å². The van der Waals surface area contributed by atoms with Gasteiger partial charge in [-0.05, 0) is 60.2 Å². The molecule has 0 spiro atoms. The van der Waals surface area contributed by atoms with Crippen molar-refractivity contribution in [3.05, 3.63) is 90.5 Å². The fourth-order valence-electron chi connectivity index (χ4n) is 3.37. The van der Waals surface area contributed by atoms with Gasteiger partial charge in [-0.25, -0.2) is 13.4 Å². The van der Waals surface area contributed by atoms with Crippen molar-refractivity contribution in [3.8, 4) is 11.5 Å². The summed E-state index contributed by atoms with van der Waals surface area (Å²) in [5, 5.41) is 2.24. The fraction of sp³-hybridized carbons (Fsp3) is 0.0417. The molecular formula is C24H18N2O3S. The molecule has 0 unspecified atom stereocenters. The normalized spacial score (nSPS) is 11.8. The predicted octanol–water partition coefficient (Wildman–Crippen LogP) is 5.76. The summed E-state index contributed by atoms with van der Waals surface area (Å²) in [5.74, 6) is 0.495. The minimum absolute atomic E-state index is 0.213. The molecule has 4 aromatic carbocycles. The first-order valence-electron chi connectivity index (χ1n) is 9.47. The lowest BCUT2D eigenvalue weighted by Crippen LogP contribution is -2.12. The number of oxazole rings is 1. The molecule has 0 atom stereocenters. The summed E-state index contributed by atoms with van der Waals surface area (Å²) in [7, 11) is -3.68. The highest BCUT2D eigenvalue weighted by molar-refractivity contribution is 7.92. The average molecular weight is 414 g/mol. The van der Waals surface area contributed by atoms with Crippen LogP contribution in [-0.2, 0) is 10.0 Å². The van der Waals surface area contributed by atoms with E-state index in [0.29, 0.717) is 22.7 Å². The summed E-state index contributed by atoms with van der Waals surface area (Å²) >= 11 is 0. The Balaban J connectivity index is 1.48. The van der Waals surface area contributed by atoms with Gasteiger partial charge in [0.15, 0.2) is 5.58 Å². The van der Waals surface area contributed by atoms with Gasteiger partial charge in [0.2, 0.25) is 5.89 Å². The predicted molar refractivity (Wildman–Crippen MR) is 119 cm³/mol. The minimum atomic E-state index is -3.68. The number of hydrogen-bond acceptors (Lipinski definition) is 4. The quantitative estimate of drug-likeness (QED) is 0.406. The fourth-order valence-corrected chi connectivity index (χ4v) is 4.42. The topological polar surface area (TPSA) is 72.2 Å². The minimum Gasteiger partial charge on any atom is -0.436 e. The largest absolute Gasteiger partial charge is 0.436 e. The summed E-state index contributed by atoms with van der Waals surface area (Å²) < 4.78 is 33.8. The molecule has 1 N–H and O–H groups in total. The second-order valence-corrected chi connectivity index (χ2v) is 8.86. The van der Waals surface area contributed by atoms with Crippen molar-refractivity contribution in [2.24, 2.45) is 0 Å². The van der Waals surface area contributed by atoms with Crippen LogP contribution in [0.25, 0.3) is 33.3 Å². The molecule has 5 rings (SSSR count). The van der Waals surface area contributed by atoms with Gasteiger partial charge in [0.05, 0.1) is 10.6 Å². The molecular weight excluding hydrogens is 396 g/mol. The molecule has 30 heavy (non-hydrogen) atoms. The van der Waals surface area contributed by atoms with Gasteiger partial charge >= 0.3 is 0 Å². The molecule has 0 aliphatic heterocycles. The first kappa shape index (κ1) is 18.4. The van der Waals surface area contributed by atoms with Crippen molar-refractivity contribution >= 4 is 37.6 Å². The number of aromatic nitrogens is 1. The smallest absolute Gasteiger partial charge is 0.261 e. The van der Waals surface area contributed by atoms with Crippen LogP contribution in [0.15, 0.2) is 94.2 Å². The van der Waals surface area contributed by atoms with Crippen LogP contribution in [0, 0.1) is 6.92 Å². The standard InChI is InChI=1S/C24H18N2O3S/c1-16-6-11-21(12-7-16)30(27,28)26-20-10-13-23-22(15-20)25-24(29-23)19-9-8-17-4-2-3-5-18(17)14-19/h2-15,26H,1H3. The van der Waals surface area contributed by atoms with Crippen LogP contribution >= 0.6 is 0 Å². The number of aryl methyl sites for hydroxylation is 1. The molecule has 0 saturated carbocycles. The summed E-state index contributed by atoms with van der Waals surface area (Å²) in [6.45, 7) is 1.91.